The van der Waals surface area contributed by atoms with Crippen molar-refractivity contribution in [1.29, 1.82) is 0 Å². The molecular weight excluding hydrogens is 355 g/mol. The summed E-state index contributed by atoms with van der Waals surface area (Å²) < 4.78 is 41.9. The minimum atomic E-state index is -4.65. The molecule has 0 atom stereocenters. The topological polar surface area (TPSA) is 59.2 Å². The van der Waals surface area contributed by atoms with E-state index in [9.17, 15) is 18.0 Å². The number of carbonyl (C=O) groups excluding carboxylic acids is 1. The summed E-state index contributed by atoms with van der Waals surface area (Å²) in [6, 6.07) is 3.78. The molecule has 0 bridgehead atoms. The third-order valence-corrected chi connectivity index (χ3v) is 5.41. The number of hydrogen-bond acceptors (Lipinski definition) is 5. The summed E-state index contributed by atoms with van der Waals surface area (Å²) in [6.07, 6.45) is 0.264. The summed E-state index contributed by atoms with van der Waals surface area (Å²) in [4.78, 5) is 19.2. The molecule has 2 heterocycles. The second-order valence-corrected chi connectivity index (χ2v) is 7.76. The van der Waals surface area contributed by atoms with Crippen molar-refractivity contribution in [3.05, 3.63) is 22.9 Å². The van der Waals surface area contributed by atoms with Crippen LogP contribution in [0.1, 0.15) is 42.9 Å². The smallest absolute Gasteiger partial charge is 0.335 e. The van der Waals surface area contributed by atoms with Crippen molar-refractivity contribution in [1.82, 2.24) is 15.0 Å². The van der Waals surface area contributed by atoms with Gasteiger partial charge in [-0.05, 0) is 43.7 Å². The molecule has 9 heteroatoms. The Hall–Kier alpha value is -1.90. The van der Waals surface area contributed by atoms with Crippen LogP contribution in [0.3, 0.4) is 0 Å². The van der Waals surface area contributed by atoms with Gasteiger partial charge in [-0.2, -0.15) is 18.2 Å². The lowest BCUT2D eigenvalue weighted by atomic mass is 10.2. The van der Waals surface area contributed by atoms with Crippen molar-refractivity contribution in [3.8, 4) is 10.7 Å². The van der Waals surface area contributed by atoms with E-state index in [1.807, 2.05) is 11.0 Å². The highest BCUT2D eigenvalue weighted by molar-refractivity contribution is 7.15. The van der Waals surface area contributed by atoms with Gasteiger partial charge in [0.1, 0.15) is 0 Å². The Kier molecular flexibility index (Phi) is 4.05. The minimum absolute atomic E-state index is 0.0779. The zero-order valence-corrected chi connectivity index (χ0v) is 14.1. The van der Waals surface area contributed by atoms with Crippen molar-refractivity contribution in [3.63, 3.8) is 0 Å². The molecule has 0 N–H and O–H groups in total. The van der Waals surface area contributed by atoms with Gasteiger partial charge in [0.25, 0.3) is 0 Å². The van der Waals surface area contributed by atoms with E-state index in [2.05, 4.69) is 14.7 Å². The number of aromatic nitrogens is 2. The quantitative estimate of drug-likeness (QED) is 0.767. The molecule has 0 saturated heterocycles. The Bertz CT molecular complexity index is 778. The molecule has 2 fully saturated rings. The number of halogens is 3. The average Bonchev–Trinajstić information content (AvgIpc) is 3.44. The second-order valence-electron chi connectivity index (χ2n) is 6.59. The lowest BCUT2D eigenvalue weighted by molar-refractivity contribution is -0.159. The van der Waals surface area contributed by atoms with Crippen molar-refractivity contribution in [2.45, 2.75) is 50.9 Å². The fourth-order valence-electron chi connectivity index (χ4n) is 2.68. The van der Waals surface area contributed by atoms with Crippen LogP contribution in [0.2, 0.25) is 0 Å². The summed E-state index contributed by atoms with van der Waals surface area (Å²) in [6.45, 7) is 0.491. The zero-order valence-electron chi connectivity index (χ0n) is 13.3. The largest absolute Gasteiger partial charge is 0.471 e. The lowest BCUT2D eigenvalue weighted by Gasteiger charge is -2.21. The third-order valence-electron chi connectivity index (χ3n) is 4.34. The monoisotopic (exact) mass is 371 g/mol. The van der Waals surface area contributed by atoms with Gasteiger partial charge in [0.15, 0.2) is 0 Å². The molecule has 0 radical (unpaired) electrons. The fraction of sp³-hybridized carbons (Fsp3) is 0.562. The van der Waals surface area contributed by atoms with E-state index in [0.717, 1.165) is 30.6 Å². The molecule has 2 saturated carbocycles. The normalized spacial score (nSPS) is 17.7. The van der Waals surface area contributed by atoms with Crippen LogP contribution in [-0.4, -0.2) is 27.0 Å². The van der Waals surface area contributed by atoms with Gasteiger partial charge >= 0.3 is 12.1 Å². The Morgan fingerprint density at radius 3 is 2.64 bits per heavy atom. The zero-order chi connectivity index (χ0) is 17.6. The fourth-order valence-corrected chi connectivity index (χ4v) is 3.62. The number of alkyl halides is 3. The van der Waals surface area contributed by atoms with Crippen LogP contribution in [-0.2, 0) is 17.5 Å². The summed E-state index contributed by atoms with van der Waals surface area (Å²) in [7, 11) is 0. The highest BCUT2D eigenvalue weighted by atomic mass is 32.1. The molecule has 0 aromatic carbocycles. The van der Waals surface area contributed by atoms with E-state index in [1.54, 1.807) is 6.07 Å². The molecule has 134 valence electrons. The van der Waals surface area contributed by atoms with E-state index < -0.39 is 12.1 Å². The van der Waals surface area contributed by atoms with Crippen LogP contribution >= 0.6 is 11.3 Å². The predicted octanol–water partition coefficient (Wildman–Crippen LogP) is 4.11. The average molecular weight is 371 g/mol. The maximum atomic E-state index is 12.6. The summed E-state index contributed by atoms with van der Waals surface area (Å²) in [5.41, 5.74) is 0. The maximum Gasteiger partial charge on any atom is 0.471 e. The molecule has 2 aromatic rings. The molecule has 4 rings (SSSR count). The maximum absolute atomic E-state index is 12.6. The summed E-state index contributed by atoms with van der Waals surface area (Å²) in [5, 5.41) is 3.40. The van der Waals surface area contributed by atoms with Crippen LogP contribution in [0.15, 0.2) is 16.7 Å². The predicted molar refractivity (Wildman–Crippen MR) is 83.5 cm³/mol. The van der Waals surface area contributed by atoms with E-state index in [1.165, 1.54) is 11.3 Å². The van der Waals surface area contributed by atoms with Crippen molar-refractivity contribution < 1.29 is 22.5 Å². The van der Waals surface area contributed by atoms with E-state index >= 15 is 0 Å². The first-order valence-corrected chi connectivity index (χ1v) is 9.01. The molecule has 0 spiro atoms. The van der Waals surface area contributed by atoms with Gasteiger partial charge in [0.2, 0.25) is 11.7 Å². The van der Waals surface area contributed by atoms with Gasteiger partial charge in [-0.3, -0.25) is 4.79 Å². The highest BCUT2D eigenvalue weighted by Gasteiger charge is 2.39. The first-order valence-electron chi connectivity index (χ1n) is 8.19. The molecule has 5 nitrogen and oxygen atoms in total. The van der Waals surface area contributed by atoms with Crippen molar-refractivity contribution >= 4 is 17.2 Å². The van der Waals surface area contributed by atoms with Crippen LogP contribution in [0.4, 0.5) is 13.2 Å². The molecular formula is C16H16F3N3O2S. The van der Waals surface area contributed by atoms with Gasteiger partial charge in [-0.1, -0.05) is 5.16 Å². The van der Waals surface area contributed by atoms with Crippen LogP contribution in [0, 0.1) is 5.92 Å². The molecule has 0 unspecified atom stereocenters. The van der Waals surface area contributed by atoms with E-state index in [-0.39, 0.29) is 11.7 Å². The van der Waals surface area contributed by atoms with E-state index in [4.69, 9.17) is 0 Å². The summed E-state index contributed by atoms with van der Waals surface area (Å²) in [5.74, 6) is -0.714. The van der Waals surface area contributed by atoms with Gasteiger partial charge in [-0.25, -0.2) is 0 Å². The first kappa shape index (κ1) is 16.6. The van der Waals surface area contributed by atoms with Gasteiger partial charge in [0, 0.05) is 17.3 Å². The van der Waals surface area contributed by atoms with Gasteiger partial charge < -0.3 is 9.42 Å². The first-order chi connectivity index (χ1) is 11.9. The Balaban J connectivity index is 1.46. The molecule has 1 amide bonds. The number of nitrogens with zero attached hydrogens (tertiary/aromatic N) is 3. The number of rotatable bonds is 6. The standard InChI is InChI=1S/C16H16F3N3O2S/c17-16(18,19)15-20-14(21-24-15)12-6-5-11(25-12)8-22(10-3-4-10)13(23)7-9-1-2-9/h5-6,9-10H,1-4,7-8H2. The molecule has 25 heavy (non-hydrogen) atoms. The Morgan fingerprint density at radius 1 is 1.28 bits per heavy atom. The molecule has 2 aromatic heterocycles. The number of hydrogen-bond donors (Lipinski definition) is 0. The number of amides is 1. The van der Waals surface area contributed by atoms with Crippen LogP contribution in [0.25, 0.3) is 10.7 Å². The SMILES string of the molecule is O=C(CC1CC1)N(Cc1ccc(-c2noc(C(F)(F)F)n2)s1)C1CC1. The van der Waals surface area contributed by atoms with Crippen LogP contribution in [0.5, 0.6) is 0 Å². The number of carbonyl (C=O) groups is 1. The van der Waals surface area contributed by atoms with Crippen LogP contribution < -0.4 is 0 Å². The molecule has 0 aliphatic heterocycles. The third kappa shape index (κ3) is 3.86. The molecule has 2 aliphatic rings. The lowest BCUT2D eigenvalue weighted by Crippen LogP contribution is -2.32. The van der Waals surface area contributed by atoms with Gasteiger partial charge in [-0.15, -0.1) is 11.3 Å². The highest BCUT2D eigenvalue weighted by Crippen LogP contribution is 2.37. The van der Waals surface area contributed by atoms with Gasteiger partial charge in [0.05, 0.1) is 11.4 Å². The van der Waals surface area contributed by atoms with Crippen molar-refractivity contribution in [2.24, 2.45) is 5.92 Å². The van der Waals surface area contributed by atoms with E-state index in [0.29, 0.717) is 29.8 Å². The Morgan fingerprint density at radius 2 is 2.04 bits per heavy atom. The second kappa shape index (κ2) is 6.12. The molecule has 2 aliphatic carbocycles. The summed E-state index contributed by atoms with van der Waals surface area (Å²) >= 11 is 1.29. The van der Waals surface area contributed by atoms with Crippen molar-refractivity contribution in [2.75, 3.05) is 0 Å². The Labute approximate surface area is 145 Å². The number of thiophene rings is 1. The minimum Gasteiger partial charge on any atom is -0.335 e.